The molecule has 0 atom stereocenters. The van der Waals surface area contributed by atoms with Gasteiger partial charge in [-0.15, -0.1) is 0 Å². The van der Waals surface area contributed by atoms with E-state index in [0.717, 1.165) is 12.2 Å². The lowest BCUT2D eigenvalue weighted by Crippen LogP contribution is -2.25. The predicted octanol–water partition coefficient (Wildman–Crippen LogP) is 2.06. The molecule has 0 radical (unpaired) electrons. The van der Waals surface area contributed by atoms with Gasteiger partial charge in [0.1, 0.15) is 0 Å². The number of benzene rings is 1. The van der Waals surface area contributed by atoms with Crippen molar-refractivity contribution in [2.45, 2.75) is 11.3 Å². The van der Waals surface area contributed by atoms with Crippen molar-refractivity contribution in [1.82, 2.24) is 4.72 Å². The molecule has 17 heavy (non-hydrogen) atoms. The standard InChI is InChI=1S/C10H15BrN2O2S2/c1-16-6-2-5-13-17(14,15)10-7-8(12)3-4-9(10)11/h3-4,7,13H,2,5-6,12H2,1H3. The second kappa shape index (κ2) is 6.63. The van der Waals surface area contributed by atoms with Gasteiger partial charge in [-0.2, -0.15) is 11.8 Å². The van der Waals surface area contributed by atoms with E-state index in [4.69, 9.17) is 5.73 Å². The fraction of sp³-hybridized carbons (Fsp3) is 0.400. The van der Waals surface area contributed by atoms with Gasteiger partial charge in [0.05, 0.1) is 4.90 Å². The number of hydrogen-bond donors (Lipinski definition) is 2. The average Bonchev–Trinajstić information content (AvgIpc) is 2.28. The molecule has 0 aliphatic carbocycles. The van der Waals surface area contributed by atoms with Crippen molar-refractivity contribution in [1.29, 1.82) is 0 Å². The second-order valence-corrected chi connectivity index (χ2v) is 7.01. The molecule has 96 valence electrons. The average molecular weight is 339 g/mol. The molecule has 7 heteroatoms. The summed E-state index contributed by atoms with van der Waals surface area (Å²) in [6.07, 6.45) is 2.79. The van der Waals surface area contributed by atoms with Crippen molar-refractivity contribution >= 4 is 43.4 Å². The number of rotatable bonds is 6. The molecule has 0 heterocycles. The predicted molar refractivity (Wildman–Crippen MR) is 76.7 cm³/mol. The van der Waals surface area contributed by atoms with Gasteiger partial charge in [-0.3, -0.25) is 0 Å². The van der Waals surface area contributed by atoms with E-state index in [2.05, 4.69) is 20.7 Å². The first-order valence-electron chi connectivity index (χ1n) is 5.01. The van der Waals surface area contributed by atoms with Crippen molar-refractivity contribution in [3.05, 3.63) is 22.7 Å². The summed E-state index contributed by atoms with van der Waals surface area (Å²) in [7, 11) is -3.48. The minimum Gasteiger partial charge on any atom is -0.399 e. The normalized spacial score (nSPS) is 11.6. The number of anilines is 1. The highest BCUT2D eigenvalue weighted by Gasteiger charge is 2.17. The molecule has 0 aliphatic heterocycles. The third-order valence-electron chi connectivity index (χ3n) is 2.06. The first-order chi connectivity index (χ1) is 7.97. The monoisotopic (exact) mass is 338 g/mol. The minimum absolute atomic E-state index is 0.182. The van der Waals surface area contributed by atoms with Crippen LogP contribution in [0.15, 0.2) is 27.6 Å². The van der Waals surface area contributed by atoms with Crippen molar-refractivity contribution in [3.8, 4) is 0 Å². The van der Waals surface area contributed by atoms with Crippen LogP contribution in [0.2, 0.25) is 0 Å². The molecule has 3 N–H and O–H groups in total. The number of sulfonamides is 1. The summed E-state index contributed by atoms with van der Waals surface area (Å²) < 4.78 is 27.0. The van der Waals surface area contributed by atoms with Gasteiger partial charge in [-0.05, 0) is 52.6 Å². The number of nitrogens with two attached hydrogens (primary N) is 1. The SMILES string of the molecule is CSCCCNS(=O)(=O)c1cc(N)ccc1Br. The zero-order valence-electron chi connectivity index (χ0n) is 9.44. The van der Waals surface area contributed by atoms with Crippen LogP contribution in [0.4, 0.5) is 5.69 Å². The van der Waals surface area contributed by atoms with Gasteiger partial charge in [-0.1, -0.05) is 0 Å². The Hall–Kier alpha value is -0.240. The maximum Gasteiger partial charge on any atom is 0.241 e. The molecule has 4 nitrogen and oxygen atoms in total. The largest absolute Gasteiger partial charge is 0.399 e. The number of halogens is 1. The molecule has 0 amide bonds. The number of nitrogen functional groups attached to an aromatic ring is 1. The Kier molecular flexibility index (Phi) is 5.78. The van der Waals surface area contributed by atoms with E-state index < -0.39 is 10.0 Å². The van der Waals surface area contributed by atoms with Gasteiger partial charge < -0.3 is 5.73 Å². The van der Waals surface area contributed by atoms with E-state index in [0.29, 0.717) is 16.7 Å². The summed E-state index contributed by atoms with van der Waals surface area (Å²) in [6.45, 7) is 0.435. The highest BCUT2D eigenvalue weighted by Crippen LogP contribution is 2.23. The van der Waals surface area contributed by atoms with Crippen LogP contribution in [0, 0.1) is 0 Å². The Labute approximate surface area is 115 Å². The van der Waals surface area contributed by atoms with Gasteiger partial charge >= 0.3 is 0 Å². The topological polar surface area (TPSA) is 72.2 Å². The van der Waals surface area contributed by atoms with Crippen molar-refractivity contribution < 1.29 is 8.42 Å². The maximum atomic E-state index is 12.0. The molecule has 0 spiro atoms. The van der Waals surface area contributed by atoms with E-state index in [1.54, 1.807) is 23.9 Å². The Balaban J connectivity index is 2.79. The maximum absolute atomic E-state index is 12.0. The molecule has 0 aromatic heterocycles. The summed E-state index contributed by atoms with van der Waals surface area (Å²) >= 11 is 4.90. The molecule has 1 aromatic carbocycles. The lowest BCUT2D eigenvalue weighted by molar-refractivity contribution is 0.580. The van der Waals surface area contributed by atoms with Gasteiger partial charge in [0.15, 0.2) is 0 Å². The Bertz CT molecular complexity index is 477. The van der Waals surface area contributed by atoms with Crippen LogP contribution in [0.1, 0.15) is 6.42 Å². The summed E-state index contributed by atoms with van der Waals surface area (Å²) in [4.78, 5) is 0.182. The van der Waals surface area contributed by atoms with Crippen LogP contribution in [-0.2, 0) is 10.0 Å². The molecule has 1 aromatic rings. The zero-order valence-corrected chi connectivity index (χ0v) is 12.7. The quantitative estimate of drug-likeness (QED) is 0.615. The van der Waals surface area contributed by atoms with Gasteiger partial charge in [0.25, 0.3) is 0 Å². The minimum atomic E-state index is -3.48. The molecule has 0 unspecified atom stereocenters. The van der Waals surface area contributed by atoms with E-state index in [1.165, 1.54) is 6.07 Å². The van der Waals surface area contributed by atoms with Crippen molar-refractivity contribution in [3.63, 3.8) is 0 Å². The van der Waals surface area contributed by atoms with Crippen LogP contribution in [-0.4, -0.2) is 27.0 Å². The third-order valence-corrected chi connectivity index (χ3v) is 5.21. The van der Waals surface area contributed by atoms with Crippen LogP contribution >= 0.6 is 27.7 Å². The summed E-state index contributed by atoms with van der Waals surface area (Å²) in [5.74, 6) is 0.931. The lowest BCUT2D eigenvalue weighted by Gasteiger charge is -2.08. The fourth-order valence-corrected chi connectivity index (χ4v) is 3.73. The molecule has 0 aliphatic rings. The molecule has 0 saturated carbocycles. The number of nitrogens with one attached hydrogen (secondary N) is 1. The second-order valence-electron chi connectivity index (χ2n) is 3.43. The van der Waals surface area contributed by atoms with Crippen LogP contribution in [0.5, 0.6) is 0 Å². The van der Waals surface area contributed by atoms with Gasteiger partial charge in [0, 0.05) is 16.7 Å². The van der Waals surface area contributed by atoms with Crippen LogP contribution in [0.25, 0.3) is 0 Å². The van der Waals surface area contributed by atoms with Gasteiger partial charge in [0.2, 0.25) is 10.0 Å². The molecule has 1 rings (SSSR count). The van der Waals surface area contributed by atoms with Crippen LogP contribution in [0.3, 0.4) is 0 Å². The highest BCUT2D eigenvalue weighted by molar-refractivity contribution is 9.10. The first kappa shape index (κ1) is 14.8. The van der Waals surface area contributed by atoms with Crippen LogP contribution < -0.4 is 10.5 Å². The van der Waals surface area contributed by atoms with E-state index >= 15 is 0 Å². The molecular formula is C10H15BrN2O2S2. The highest BCUT2D eigenvalue weighted by atomic mass is 79.9. The third kappa shape index (κ3) is 4.50. The van der Waals surface area contributed by atoms with Crippen molar-refractivity contribution in [2.75, 3.05) is 24.3 Å². The Morgan fingerprint density at radius 2 is 2.18 bits per heavy atom. The van der Waals surface area contributed by atoms with E-state index in [-0.39, 0.29) is 4.90 Å². The summed E-state index contributed by atoms with van der Waals surface area (Å²) in [6, 6.07) is 4.73. The summed E-state index contributed by atoms with van der Waals surface area (Å²) in [5.41, 5.74) is 6.01. The summed E-state index contributed by atoms with van der Waals surface area (Å²) in [5, 5.41) is 0. The van der Waals surface area contributed by atoms with E-state index in [1.807, 2.05) is 6.26 Å². The van der Waals surface area contributed by atoms with Gasteiger partial charge in [-0.25, -0.2) is 13.1 Å². The smallest absolute Gasteiger partial charge is 0.241 e. The zero-order chi connectivity index (χ0) is 12.9. The van der Waals surface area contributed by atoms with E-state index in [9.17, 15) is 8.42 Å². The number of hydrogen-bond acceptors (Lipinski definition) is 4. The Morgan fingerprint density at radius 3 is 2.82 bits per heavy atom. The molecule has 0 fully saturated rings. The fourth-order valence-electron chi connectivity index (χ4n) is 1.23. The molecular weight excluding hydrogens is 324 g/mol. The Morgan fingerprint density at radius 1 is 1.47 bits per heavy atom. The first-order valence-corrected chi connectivity index (χ1v) is 8.68. The van der Waals surface area contributed by atoms with Crippen molar-refractivity contribution in [2.24, 2.45) is 0 Å². The number of thioether (sulfide) groups is 1. The lowest BCUT2D eigenvalue weighted by atomic mass is 10.3. The molecule has 0 saturated heterocycles. The molecule has 0 bridgehead atoms.